The van der Waals surface area contributed by atoms with Gasteiger partial charge in [0.1, 0.15) is 5.82 Å². The van der Waals surface area contributed by atoms with E-state index in [-0.39, 0.29) is 13.1 Å². The van der Waals surface area contributed by atoms with Crippen LogP contribution in [0.2, 0.25) is 10.0 Å². The molecule has 0 saturated heterocycles. The number of hydrogen-bond acceptors (Lipinski definition) is 3. The zero-order valence-electron chi connectivity index (χ0n) is 12.5. The Balaban J connectivity index is 2.58. The predicted octanol–water partition coefficient (Wildman–Crippen LogP) is 3.22. The minimum Gasteiger partial charge on any atom is -0.465 e. The lowest BCUT2D eigenvalue weighted by Gasteiger charge is -2.21. The lowest BCUT2D eigenvalue weighted by Crippen LogP contribution is -2.30. The van der Waals surface area contributed by atoms with Crippen molar-refractivity contribution in [1.29, 1.82) is 0 Å². The highest BCUT2D eigenvalue weighted by molar-refractivity contribution is 6.42. The Labute approximate surface area is 137 Å². The molecule has 0 saturated carbocycles. The zero-order chi connectivity index (χ0) is 16.7. The van der Waals surface area contributed by atoms with Gasteiger partial charge in [-0.1, -0.05) is 23.2 Å². The zero-order valence-corrected chi connectivity index (χ0v) is 14.0. The Morgan fingerprint density at radius 1 is 1.36 bits per heavy atom. The van der Waals surface area contributed by atoms with E-state index in [9.17, 15) is 9.90 Å². The number of imidazole rings is 1. The molecule has 0 fully saturated rings. The van der Waals surface area contributed by atoms with Crippen LogP contribution in [0.1, 0.15) is 19.7 Å². The van der Waals surface area contributed by atoms with Gasteiger partial charge in [-0.15, -0.1) is 0 Å². The second-order valence-corrected chi connectivity index (χ2v) is 6.63. The summed E-state index contributed by atoms with van der Waals surface area (Å²) in [4.78, 5) is 16.6. The summed E-state index contributed by atoms with van der Waals surface area (Å²) in [5.74, 6) is 0.514. The first kappa shape index (κ1) is 16.9. The van der Waals surface area contributed by atoms with Crippen LogP contribution in [0.3, 0.4) is 0 Å². The third-order valence-corrected chi connectivity index (χ3v) is 3.84. The number of carbonyl (C=O) groups is 1. The third kappa shape index (κ3) is 3.63. The summed E-state index contributed by atoms with van der Waals surface area (Å²) in [5, 5.41) is 19.9. The molecule has 1 amide bonds. The van der Waals surface area contributed by atoms with Gasteiger partial charge in [0.15, 0.2) is 0 Å². The smallest absolute Gasteiger partial charge is 0.407 e. The molecule has 1 aromatic carbocycles. The third-order valence-electron chi connectivity index (χ3n) is 3.12. The number of aromatic nitrogens is 2. The van der Waals surface area contributed by atoms with Crippen molar-refractivity contribution >= 4 is 40.3 Å². The van der Waals surface area contributed by atoms with Crippen LogP contribution in [-0.4, -0.2) is 43.4 Å². The number of rotatable bonds is 4. The van der Waals surface area contributed by atoms with Gasteiger partial charge in [0.25, 0.3) is 0 Å². The standard InChI is InChI=1S/C14H17Cl2N3O3/c1-14(2,22)7-19-11-5-9(16)8(15)4-10(11)17-12(19)6-18(3)13(20)21/h4-5,22H,6-7H2,1-3H3,(H,20,21). The number of amides is 1. The Bertz CT molecular complexity index is 722. The number of carboxylic acid groups (broad SMARTS) is 1. The lowest BCUT2D eigenvalue weighted by molar-refractivity contribution is 0.0612. The van der Waals surface area contributed by atoms with Gasteiger partial charge in [-0.2, -0.15) is 0 Å². The first-order valence-electron chi connectivity index (χ1n) is 6.59. The van der Waals surface area contributed by atoms with Crippen molar-refractivity contribution in [3.63, 3.8) is 0 Å². The molecule has 0 aliphatic rings. The van der Waals surface area contributed by atoms with Crippen molar-refractivity contribution in [2.45, 2.75) is 32.5 Å². The predicted molar refractivity (Wildman–Crippen MR) is 85.5 cm³/mol. The minimum absolute atomic E-state index is 0.0926. The number of aliphatic hydroxyl groups is 1. The Morgan fingerprint density at radius 3 is 2.50 bits per heavy atom. The van der Waals surface area contributed by atoms with Crippen LogP contribution in [0, 0.1) is 0 Å². The number of fused-ring (bicyclic) bond motifs is 1. The molecule has 1 aromatic heterocycles. The molecule has 1 heterocycles. The first-order valence-corrected chi connectivity index (χ1v) is 7.34. The molecular formula is C14H17Cl2N3O3. The molecule has 8 heteroatoms. The molecule has 0 radical (unpaired) electrons. The van der Waals surface area contributed by atoms with Gasteiger partial charge in [-0.25, -0.2) is 9.78 Å². The highest BCUT2D eigenvalue weighted by Gasteiger charge is 2.21. The Kier molecular flexibility index (Phi) is 4.56. The summed E-state index contributed by atoms with van der Waals surface area (Å²) in [6.45, 7) is 3.68. The van der Waals surface area contributed by atoms with Gasteiger partial charge >= 0.3 is 6.09 Å². The highest BCUT2D eigenvalue weighted by Crippen LogP contribution is 2.29. The second kappa shape index (κ2) is 5.95. The van der Waals surface area contributed by atoms with E-state index in [1.54, 1.807) is 30.5 Å². The van der Waals surface area contributed by atoms with Crippen LogP contribution in [-0.2, 0) is 13.1 Å². The second-order valence-electron chi connectivity index (χ2n) is 5.82. The molecule has 0 aliphatic carbocycles. The quantitative estimate of drug-likeness (QED) is 0.891. The molecule has 6 nitrogen and oxygen atoms in total. The van der Waals surface area contributed by atoms with E-state index < -0.39 is 11.7 Å². The fourth-order valence-corrected chi connectivity index (χ4v) is 2.45. The van der Waals surface area contributed by atoms with Gasteiger partial charge in [0.05, 0.1) is 39.8 Å². The fraction of sp³-hybridized carbons (Fsp3) is 0.429. The number of nitrogens with zero attached hydrogens (tertiary/aromatic N) is 3. The van der Waals surface area contributed by atoms with Crippen LogP contribution in [0.15, 0.2) is 12.1 Å². The van der Waals surface area contributed by atoms with E-state index in [0.717, 1.165) is 4.90 Å². The van der Waals surface area contributed by atoms with Crippen LogP contribution in [0.4, 0.5) is 4.79 Å². The topological polar surface area (TPSA) is 78.6 Å². The average molecular weight is 346 g/mol. The molecule has 120 valence electrons. The number of benzene rings is 1. The first-order chi connectivity index (χ1) is 10.1. The maximum Gasteiger partial charge on any atom is 0.407 e. The van der Waals surface area contributed by atoms with Crippen molar-refractivity contribution in [2.75, 3.05) is 7.05 Å². The molecule has 22 heavy (non-hydrogen) atoms. The van der Waals surface area contributed by atoms with E-state index >= 15 is 0 Å². The van der Waals surface area contributed by atoms with Crippen molar-refractivity contribution in [2.24, 2.45) is 0 Å². The Hall–Kier alpha value is -1.50. The van der Waals surface area contributed by atoms with Gasteiger partial charge < -0.3 is 19.7 Å². The highest BCUT2D eigenvalue weighted by atomic mass is 35.5. The van der Waals surface area contributed by atoms with Gasteiger partial charge in [-0.05, 0) is 26.0 Å². The maximum atomic E-state index is 11.0. The molecule has 2 rings (SSSR count). The van der Waals surface area contributed by atoms with Crippen LogP contribution in [0.5, 0.6) is 0 Å². The molecule has 2 N–H and O–H groups in total. The normalized spacial score (nSPS) is 11.9. The van der Waals surface area contributed by atoms with Gasteiger partial charge in [0.2, 0.25) is 0 Å². The van der Waals surface area contributed by atoms with Crippen molar-refractivity contribution in [1.82, 2.24) is 14.5 Å². The Morgan fingerprint density at radius 2 is 1.95 bits per heavy atom. The van der Waals surface area contributed by atoms with E-state index in [0.29, 0.717) is 26.9 Å². The summed E-state index contributed by atoms with van der Waals surface area (Å²) in [6, 6.07) is 3.30. The monoisotopic (exact) mass is 345 g/mol. The summed E-state index contributed by atoms with van der Waals surface area (Å²) in [5.41, 5.74) is 0.314. The molecule has 0 bridgehead atoms. The van der Waals surface area contributed by atoms with E-state index in [2.05, 4.69) is 4.98 Å². The molecule has 2 aromatic rings. The molecule has 0 atom stereocenters. The SMILES string of the molecule is CN(Cc1nc2cc(Cl)c(Cl)cc2n1CC(C)(C)O)C(=O)O. The summed E-state index contributed by atoms with van der Waals surface area (Å²) in [7, 11) is 1.45. The summed E-state index contributed by atoms with van der Waals surface area (Å²) >= 11 is 12.1. The molecule has 0 spiro atoms. The van der Waals surface area contributed by atoms with Crippen molar-refractivity contribution < 1.29 is 15.0 Å². The number of halogens is 2. The van der Waals surface area contributed by atoms with Crippen LogP contribution in [0.25, 0.3) is 11.0 Å². The average Bonchev–Trinajstić information content (AvgIpc) is 2.66. The van der Waals surface area contributed by atoms with Crippen molar-refractivity contribution in [3.8, 4) is 0 Å². The molecular weight excluding hydrogens is 329 g/mol. The fourth-order valence-electron chi connectivity index (χ4n) is 2.13. The molecule has 0 aliphatic heterocycles. The largest absolute Gasteiger partial charge is 0.465 e. The van der Waals surface area contributed by atoms with E-state index in [4.69, 9.17) is 28.3 Å². The van der Waals surface area contributed by atoms with Gasteiger partial charge in [-0.3, -0.25) is 0 Å². The van der Waals surface area contributed by atoms with E-state index in [1.807, 2.05) is 0 Å². The van der Waals surface area contributed by atoms with Crippen LogP contribution < -0.4 is 0 Å². The van der Waals surface area contributed by atoms with Gasteiger partial charge in [0, 0.05) is 7.05 Å². The van der Waals surface area contributed by atoms with Crippen molar-refractivity contribution in [3.05, 3.63) is 28.0 Å². The number of hydrogen-bond donors (Lipinski definition) is 2. The summed E-state index contributed by atoms with van der Waals surface area (Å²) < 4.78 is 1.76. The minimum atomic E-state index is -1.06. The van der Waals surface area contributed by atoms with Crippen LogP contribution >= 0.6 is 23.2 Å². The summed E-state index contributed by atoms with van der Waals surface area (Å²) in [6.07, 6.45) is -1.06. The maximum absolute atomic E-state index is 11.0. The molecule has 0 unspecified atom stereocenters. The van der Waals surface area contributed by atoms with E-state index in [1.165, 1.54) is 7.05 Å². The lowest BCUT2D eigenvalue weighted by atomic mass is 10.1.